The van der Waals surface area contributed by atoms with Crippen LogP contribution in [0.15, 0.2) is 12.2 Å². The van der Waals surface area contributed by atoms with Crippen LogP contribution in [0, 0.1) is 5.92 Å². The number of ether oxygens (including phenoxy) is 1. The molecule has 1 aliphatic heterocycles. The van der Waals surface area contributed by atoms with Gasteiger partial charge in [-0.3, -0.25) is 0 Å². The van der Waals surface area contributed by atoms with Crippen molar-refractivity contribution in [2.24, 2.45) is 5.92 Å². The van der Waals surface area contributed by atoms with Crippen molar-refractivity contribution in [2.45, 2.75) is 37.9 Å². The van der Waals surface area contributed by atoms with Crippen LogP contribution < -0.4 is 0 Å². The molecule has 0 bridgehead atoms. The zero-order valence-electron chi connectivity index (χ0n) is 7.38. The lowest BCUT2D eigenvalue weighted by Gasteiger charge is -2.21. The molecule has 0 N–H and O–H groups in total. The molecule has 0 spiro atoms. The van der Waals surface area contributed by atoms with Gasteiger partial charge in [-0.15, -0.1) is 0 Å². The molecule has 2 fully saturated rings. The van der Waals surface area contributed by atoms with Crippen molar-refractivity contribution >= 4 is 6.29 Å². The van der Waals surface area contributed by atoms with Crippen LogP contribution in [0.4, 0.5) is 0 Å². The third-order valence-corrected chi connectivity index (χ3v) is 3.13. The van der Waals surface area contributed by atoms with Crippen LogP contribution in [0.3, 0.4) is 0 Å². The molecule has 0 radical (unpaired) electrons. The Balaban J connectivity index is 2.00. The standard InChI is InChI=1S/C10H14O2/c1-7(2)8-3-4-10(6-11)9(5-8)12-10/h6,8-9H,1,3-5H2,2H3/t8-,9?,10+/m0/s1. The molecule has 1 saturated heterocycles. The molecule has 12 heavy (non-hydrogen) atoms. The van der Waals surface area contributed by atoms with Crippen LogP contribution in [0.1, 0.15) is 26.2 Å². The monoisotopic (exact) mass is 166 g/mol. The third-order valence-electron chi connectivity index (χ3n) is 3.13. The van der Waals surface area contributed by atoms with Crippen LogP contribution in [-0.4, -0.2) is 18.0 Å². The average Bonchev–Trinajstić information content (AvgIpc) is 2.77. The molecular formula is C10H14O2. The molecular weight excluding hydrogens is 152 g/mol. The van der Waals surface area contributed by atoms with Gasteiger partial charge in [0.2, 0.25) is 0 Å². The molecule has 1 aliphatic carbocycles. The molecule has 2 heteroatoms. The Kier molecular flexibility index (Phi) is 1.62. The van der Waals surface area contributed by atoms with Gasteiger partial charge in [0.15, 0.2) is 6.29 Å². The van der Waals surface area contributed by atoms with Gasteiger partial charge >= 0.3 is 0 Å². The zero-order chi connectivity index (χ0) is 8.77. The molecule has 1 heterocycles. The first-order chi connectivity index (χ1) is 5.68. The number of aldehydes is 1. The number of hydrogen-bond acceptors (Lipinski definition) is 2. The maximum atomic E-state index is 10.7. The van der Waals surface area contributed by atoms with E-state index >= 15 is 0 Å². The lowest BCUT2D eigenvalue weighted by atomic mass is 9.80. The van der Waals surface area contributed by atoms with Gasteiger partial charge in [-0.1, -0.05) is 12.2 Å². The summed E-state index contributed by atoms with van der Waals surface area (Å²) in [7, 11) is 0. The summed E-state index contributed by atoms with van der Waals surface area (Å²) in [5, 5.41) is 0. The van der Waals surface area contributed by atoms with E-state index in [1.165, 1.54) is 5.57 Å². The van der Waals surface area contributed by atoms with Crippen molar-refractivity contribution in [3.63, 3.8) is 0 Å². The second-order valence-electron chi connectivity index (χ2n) is 4.00. The van der Waals surface area contributed by atoms with E-state index in [2.05, 4.69) is 13.5 Å². The van der Waals surface area contributed by atoms with Crippen LogP contribution in [0.2, 0.25) is 0 Å². The van der Waals surface area contributed by atoms with Gasteiger partial charge in [0.1, 0.15) is 5.60 Å². The molecule has 1 saturated carbocycles. The summed E-state index contributed by atoms with van der Waals surface area (Å²) in [5.74, 6) is 0.575. The maximum Gasteiger partial charge on any atom is 0.154 e. The molecule has 0 aromatic carbocycles. The Labute approximate surface area is 72.6 Å². The molecule has 2 rings (SSSR count). The van der Waals surface area contributed by atoms with Crippen molar-refractivity contribution in [3.05, 3.63) is 12.2 Å². The smallest absolute Gasteiger partial charge is 0.154 e. The summed E-state index contributed by atoms with van der Waals surface area (Å²) in [6.07, 6.45) is 4.12. The minimum atomic E-state index is -0.369. The Bertz CT molecular complexity index is 234. The Morgan fingerprint density at radius 2 is 2.50 bits per heavy atom. The summed E-state index contributed by atoms with van der Waals surface area (Å²) in [5.41, 5.74) is 0.858. The summed E-state index contributed by atoms with van der Waals surface area (Å²) >= 11 is 0. The van der Waals surface area contributed by atoms with E-state index < -0.39 is 0 Å². The molecule has 1 unspecified atom stereocenters. The highest BCUT2D eigenvalue weighted by Crippen LogP contribution is 2.49. The topological polar surface area (TPSA) is 29.6 Å². The van der Waals surface area contributed by atoms with Crippen molar-refractivity contribution in [1.82, 2.24) is 0 Å². The SMILES string of the molecule is C=C(C)[C@H]1CC[C@]2(C=O)OC2C1. The van der Waals surface area contributed by atoms with Crippen LogP contribution in [0.5, 0.6) is 0 Å². The maximum absolute atomic E-state index is 10.7. The molecule has 66 valence electrons. The van der Waals surface area contributed by atoms with E-state index in [1.54, 1.807) is 0 Å². The fourth-order valence-electron chi connectivity index (χ4n) is 2.08. The predicted octanol–water partition coefficient (Wildman–Crippen LogP) is 1.70. The van der Waals surface area contributed by atoms with E-state index in [0.717, 1.165) is 25.5 Å². The summed E-state index contributed by atoms with van der Waals surface area (Å²) in [6.45, 7) is 5.99. The van der Waals surface area contributed by atoms with Gasteiger partial charge in [-0.05, 0) is 32.1 Å². The molecule has 0 aromatic heterocycles. The highest BCUT2D eigenvalue weighted by atomic mass is 16.6. The number of fused-ring (bicyclic) bond motifs is 1. The minimum Gasteiger partial charge on any atom is -0.358 e. The number of hydrogen-bond donors (Lipinski definition) is 0. The number of carbonyl (C=O) groups excluding carboxylic acids is 1. The first kappa shape index (κ1) is 7.99. The largest absolute Gasteiger partial charge is 0.358 e. The summed E-state index contributed by atoms with van der Waals surface area (Å²) in [6, 6.07) is 0. The minimum absolute atomic E-state index is 0.199. The number of epoxide rings is 1. The lowest BCUT2D eigenvalue weighted by Crippen LogP contribution is -2.25. The van der Waals surface area contributed by atoms with E-state index in [9.17, 15) is 4.79 Å². The number of allylic oxidation sites excluding steroid dienone is 1. The summed E-state index contributed by atoms with van der Waals surface area (Å²) in [4.78, 5) is 10.7. The van der Waals surface area contributed by atoms with Gasteiger partial charge in [-0.2, -0.15) is 0 Å². The Morgan fingerprint density at radius 1 is 1.75 bits per heavy atom. The number of carbonyl (C=O) groups is 1. The number of rotatable bonds is 2. The first-order valence-corrected chi connectivity index (χ1v) is 4.47. The van der Waals surface area contributed by atoms with Crippen LogP contribution in [0.25, 0.3) is 0 Å². The molecule has 0 aromatic rings. The van der Waals surface area contributed by atoms with Gasteiger partial charge in [-0.25, -0.2) is 0 Å². The van der Waals surface area contributed by atoms with E-state index in [-0.39, 0.29) is 11.7 Å². The first-order valence-electron chi connectivity index (χ1n) is 4.47. The van der Waals surface area contributed by atoms with E-state index in [0.29, 0.717) is 5.92 Å². The Hall–Kier alpha value is -0.630. The second-order valence-corrected chi connectivity index (χ2v) is 4.00. The normalized spacial score (nSPS) is 44.8. The van der Waals surface area contributed by atoms with Gasteiger partial charge in [0.25, 0.3) is 0 Å². The van der Waals surface area contributed by atoms with Gasteiger partial charge < -0.3 is 9.53 Å². The fourth-order valence-corrected chi connectivity index (χ4v) is 2.08. The van der Waals surface area contributed by atoms with Gasteiger partial charge in [0.05, 0.1) is 6.10 Å². The third kappa shape index (κ3) is 1.02. The van der Waals surface area contributed by atoms with Crippen molar-refractivity contribution in [3.8, 4) is 0 Å². The van der Waals surface area contributed by atoms with Gasteiger partial charge in [0, 0.05) is 0 Å². The van der Waals surface area contributed by atoms with Crippen LogP contribution in [-0.2, 0) is 9.53 Å². The molecule has 2 nitrogen and oxygen atoms in total. The van der Waals surface area contributed by atoms with Crippen molar-refractivity contribution in [1.29, 1.82) is 0 Å². The highest BCUT2D eigenvalue weighted by Gasteiger charge is 2.59. The molecule has 0 amide bonds. The quantitative estimate of drug-likeness (QED) is 0.355. The predicted molar refractivity (Wildman–Crippen MR) is 45.8 cm³/mol. The molecule has 2 aliphatic rings. The highest BCUT2D eigenvalue weighted by molar-refractivity contribution is 5.68. The average molecular weight is 166 g/mol. The molecule has 3 atom stereocenters. The fraction of sp³-hybridized carbons (Fsp3) is 0.700. The Morgan fingerprint density at radius 3 is 3.00 bits per heavy atom. The van der Waals surface area contributed by atoms with Crippen molar-refractivity contribution in [2.75, 3.05) is 0 Å². The lowest BCUT2D eigenvalue weighted by molar-refractivity contribution is -0.112. The summed E-state index contributed by atoms with van der Waals surface area (Å²) < 4.78 is 5.39. The zero-order valence-corrected chi connectivity index (χ0v) is 7.38. The van der Waals surface area contributed by atoms with Crippen LogP contribution >= 0.6 is 0 Å². The van der Waals surface area contributed by atoms with E-state index in [1.807, 2.05) is 0 Å². The van der Waals surface area contributed by atoms with Crippen molar-refractivity contribution < 1.29 is 9.53 Å². The second kappa shape index (κ2) is 2.43. The van der Waals surface area contributed by atoms with E-state index in [4.69, 9.17) is 4.74 Å².